The second-order valence-corrected chi connectivity index (χ2v) is 5.02. The van der Waals surface area contributed by atoms with Gasteiger partial charge in [0, 0.05) is 19.6 Å². The number of hydrogen-bond donors (Lipinski definition) is 1. The molecular formula is C13H26N2O2. The predicted octanol–water partition coefficient (Wildman–Crippen LogP) is 0.866. The zero-order valence-corrected chi connectivity index (χ0v) is 11.0. The van der Waals surface area contributed by atoms with Crippen molar-refractivity contribution in [3.05, 3.63) is 0 Å². The molecule has 2 rings (SSSR count). The monoisotopic (exact) mass is 242 g/mol. The zero-order valence-electron chi connectivity index (χ0n) is 11.0. The number of morpholine rings is 1. The van der Waals surface area contributed by atoms with Crippen molar-refractivity contribution in [2.75, 3.05) is 45.9 Å². The first kappa shape index (κ1) is 13.3. The maximum absolute atomic E-state index is 5.93. The Balaban J connectivity index is 1.57. The lowest BCUT2D eigenvalue weighted by molar-refractivity contribution is -0.0453. The summed E-state index contributed by atoms with van der Waals surface area (Å²) >= 11 is 0. The molecule has 4 heteroatoms. The Labute approximate surface area is 105 Å². The van der Waals surface area contributed by atoms with E-state index in [1.807, 2.05) is 0 Å². The summed E-state index contributed by atoms with van der Waals surface area (Å²) < 4.78 is 11.6. The van der Waals surface area contributed by atoms with Gasteiger partial charge in [-0.3, -0.25) is 4.90 Å². The highest BCUT2D eigenvalue weighted by Crippen LogP contribution is 2.10. The molecule has 0 radical (unpaired) electrons. The maximum atomic E-state index is 5.93. The lowest BCUT2D eigenvalue weighted by Crippen LogP contribution is -2.44. The van der Waals surface area contributed by atoms with Gasteiger partial charge in [-0.25, -0.2) is 0 Å². The minimum Gasteiger partial charge on any atom is -0.377 e. The molecule has 1 atom stereocenters. The summed E-state index contributed by atoms with van der Waals surface area (Å²) in [5.41, 5.74) is 0. The highest BCUT2D eigenvalue weighted by molar-refractivity contribution is 4.71. The summed E-state index contributed by atoms with van der Waals surface area (Å²) in [6, 6.07) is 0. The summed E-state index contributed by atoms with van der Waals surface area (Å²) in [5, 5.41) is 3.36. The van der Waals surface area contributed by atoms with Crippen LogP contribution in [0.3, 0.4) is 0 Å². The van der Waals surface area contributed by atoms with E-state index in [0.29, 0.717) is 12.2 Å². The Bertz CT molecular complexity index is 208. The van der Waals surface area contributed by atoms with Crippen LogP contribution in [0.5, 0.6) is 0 Å². The van der Waals surface area contributed by atoms with Crippen LogP contribution in [0.2, 0.25) is 0 Å². The molecule has 2 heterocycles. The summed E-state index contributed by atoms with van der Waals surface area (Å²) in [7, 11) is 0. The van der Waals surface area contributed by atoms with Crippen molar-refractivity contribution < 1.29 is 9.47 Å². The van der Waals surface area contributed by atoms with Crippen LogP contribution in [0.1, 0.15) is 26.2 Å². The minimum atomic E-state index is 0.433. The van der Waals surface area contributed by atoms with Gasteiger partial charge in [-0.1, -0.05) is 6.92 Å². The molecule has 2 aliphatic heterocycles. The Morgan fingerprint density at radius 2 is 2.18 bits per heavy atom. The van der Waals surface area contributed by atoms with Crippen LogP contribution in [-0.2, 0) is 9.47 Å². The highest BCUT2D eigenvalue weighted by Gasteiger charge is 2.19. The molecule has 0 saturated carbocycles. The van der Waals surface area contributed by atoms with Gasteiger partial charge in [0.25, 0.3) is 0 Å². The molecular weight excluding hydrogens is 216 g/mol. The molecule has 4 nitrogen and oxygen atoms in total. The fourth-order valence-corrected chi connectivity index (χ4v) is 2.54. The highest BCUT2D eigenvalue weighted by atomic mass is 16.5. The Morgan fingerprint density at radius 1 is 1.35 bits per heavy atom. The van der Waals surface area contributed by atoms with E-state index in [1.165, 1.54) is 12.8 Å². The number of piperidine rings is 1. The van der Waals surface area contributed by atoms with Gasteiger partial charge in [0.1, 0.15) is 0 Å². The van der Waals surface area contributed by atoms with Crippen molar-refractivity contribution in [2.45, 2.75) is 38.4 Å². The molecule has 1 unspecified atom stereocenters. The largest absolute Gasteiger partial charge is 0.377 e. The number of hydrogen-bond acceptors (Lipinski definition) is 4. The zero-order chi connectivity index (χ0) is 11.9. The summed E-state index contributed by atoms with van der Waals surface area (Å²) in [5.74, 6) is 0. The third kappa shape index (κ3) is 4.54. The Hall–Kier alpha value is -0.160. The SMILES string of the molecule is CCC1CN(CCOC2CCNCC2)CCO1. The summed E-state index contributed by atoms with van der Waals surface area (Å²) in [6.07, 6.45) is 4.37. The van der Waals surface area contributed by atoms with E-state index in [1.54, 1.807) is 0 Å². The van der Waals surface area contributed by atoms with E-state index in [4.69, 9.17) is 9.47 Å². The van der Waals surface area contributed by atoms with Crippen molar-refractivity contribution >= 4 is 0 Å². The van der Waals surface area contributed by atoms with Crippen LogP contribution < -0.4 is 5.32 Å². The smallest absolute Gasteiger partial charge is 0.0700 e. The van der Waals surface area contributed by atoms with Crippen molar-refractivity contribution in [3.8, 4) is 0 Å². The molecule has 0 aromatic carbocycles. The lowest BCUT2D eigenvalue weighted by atomic mass is 10.1. The molecule has 0 amide bonds. The molecule has 0 aliphatic carbocycles. The van der Waals surface area contributed by atoms with Crippen molar-refractivity contribution in [1.29, 1.82) is 0 Å². The van der Waals surface area contributed by atoms with E-state index in [2.05, 4.69) is 17.1 Å². The number of nitrogens with one attached hydrogen (secondary N) is 1. The normalized spacial score (nSPS) is 28.4. The van der Waals surface area contributed by atoms with Crippen molar-refractivity contribution in [3.63, 3.8) is 0 Å². The van der Waals surface area contributed by atoms with Gasteiger partial charge in [0.05, 0.1) is 25.4 Å². The average molecular weight is 242 g/mol. The minimum absolute atomic E-state index is 0.433. The molecule has 0 spiro atoms. The predicted molar refractivity (Wildman–Crippen MR) is 68.3 cm³/mol. The Kier molecular flexibility index (Phi) is 5.71. The molecule has 2 aliphatic rings. The van der Waals surface area contributed by atoms with Crippen molar-refractivity contribution in [2.24, 2.45) is 0 Å². The second kappa shape index (κ2) is 7.31. The first-order valence-electron chi connectivity index (χ1n) is 7.04. The fraction of sp³-hybridized carbons (Fsp3) is 1.00. The molecule has 100 valence electrons. The van der Waals surface area contributed by atoms with Gasteiger partial charge in [0.15, 0.2) is 0 Å². The molecule has 2 fully saturated rings. The van der Waals surface area contributed by atoms with E-state index in [9.17, 15) is 0 Å². The van der Waals surface area contributed by atoms with E-state index in [0.717, 1.165) is 52.4 Å². The molecule has 17 heavy (non-hydrogen) atoms. The topological polar surface area (TPSA) is 33.7 Å². The van der Waals surface area contributed by atoms with Gasteiger partial charge < -0.3 is 14.8 Å². The first-order valence-corrected chi connectivity index (χ1v) is 7.04. The van der Waals surface area contributed by atoms with Crippen LogP contribution in [0.4, 0.5) is 0 Å². The van der Waals surface area contributed by atoms with Gasteiger partial charge in [-0.2, -0.15) is 0 Å². The molecule has 0 bridgehead atoms. The molecule has 2 saturated heterocycles. The maximum Gasteiger partial charge on any atom is 0.0700 e. The van der Waals surface area contributed by atoms with Gasteiger partial charge in [-0.05, 0) is 32.4 Å². The van der Waals surface area contributed by atoms with Crippen LogP contribution >= 0.6 is 0 Å². The number of ether oxygens (including phenoxy) is 2. The number of nitrogens with zero attached hydrogens (tertiary/aromatic N) is 1. The average Bonchev–Trinajstić information content (AvgIpc) is 2.40. The van der Waals surface area contributed by atoms with Gasteiger partial charge >= 0.3 is 0 Å². The van der Waals surface area contributed by atoms with Crippen LogP contribution in [0.15, 0.2) is 0 Å². The van der Waals surface area contributed by atoms with Crippen LogP contribution in [-0.4, -0.2) is 63.0 Å². The standard InChI is InChI=1S/C13H26N2O2/c1-2-12-11-15(7-9-16-12)8-10-17-13-3-5-14-6-4-13/h12-14H,2-11H2,1H3. The third-order valence-electron chi connectivity index (χ3n) is 3.73. The van der Waals surface area contributed by atoms with E-state index in [-0.39, 0.29) is 0 Å². The first-order chi connectivity index (χ1) is 8.38. The summed E-state index contributed by atoms with van der Waals surface area (Å²) in [4.78, 5) is 2.47. The molecule has 1 N–H and O–H groups in total. The lowest BCUT2D eigenvalue weighted by Gasteiger charge is -2.33. The summed E-state index contributed by atoms with van der Waals surface area (Å²) in [6.45, 7) is 9.37. The molecule has 0 aromatic heterocycles. The quantitative estimate of drug-likeness (QED) is 0.775. The number of rotatable bonds is 5. The second-order valence-electron chi connectivity index (χ2n) is 5.02. The van der Waals surface area contributed by atoms with E-state index >= 15 is 0 Å². The van der Waals surface area contributed by atoms with Crippen LogP contribution in [0.25, 0.3) is 0 Å². The third-order valence-corrected chi connectivity index (χ3v) is 3.73. The van der Waals surface area contributed by atoms with Gasteiger partial charge in [0.2, 0.25) is 0 Å². The molecule has 0 aromatic rings. The van der Waals surface area contributed by atoms with Gasteiger partial charge in [-0.15, -0.1) is 0 Å². The van der Waals surface area contributed by atoms with Crippen LogP contribution in [0, 0.1) is 0 Å². The van der Waals surface area contributed by atoms with E-state index < -0.39 is 0 Å². The fourth-order valence-electron chi connectivity index (χ4n) is 2.54. The van der Waals surface area contributed by atoms with Crippen molar-refractivity contribution in [1.82, 2.24) is 10.2 Å². The Morgan fingerprint density at radius 3 is 2.94 bits per heavy atom.